The van der Waals surface area contributed by atoms with E-state index in [0.717, 1.165) is 31.4 Å². The van der Waals surface area contributed by atoms with Gasteiger partial charge in [-0.25, -0.2) is 4.98 Å². The van der Waals surface area contributed by atoms with E-state index in [2.05, 4.69) is 27.6 Å². The first-order valence-corrected chi connectivity index (χ1v) is 7.77. The summed E-state index contributed by atoms with van der Waals surface area (Å²) >= 11 is 0. The number of allylic oxidation sites excluding steroid dienone is 2. The van der Waals surface area contributed by atoms with Crippen molar-refractivity contribution in [2.45, 2.75) is 44.7 Å². The van der Waals surface area contributed by atoms with E-state index >= 15 is 0 Å². The number of nitrogens with zero attached hydrogens (tertiary/aromatic N) is 3. The summed E-state index contributed by atoms with van der Waals surface area (Å²) in [6.07, 6.45) is 12.8. The smallest absolute Gasteiger partial charge is 0.169 e. The van der Waals surface area contributed by atoms with Gasteiger partial charge in [-0.3, -0.25) is 4.68 Å². The van der Waals surface area contributed by atoms with Crippen molar-refractivity contribution < 1.29 is 4.74 Å². The van der Waals surface area contributed by atoms with Gasteiger partial charge in [0.2, 0.25) is 0 Å². The van der Waals surface area contributed by atoms with Crippen molar-refractivity contribution in [3.8, 4) is 0 Å². The molecule has 2 atom stereocenters. The molecular formula is C15H24N4O. The van der Waals surface area contributed by atoms with E-state index in [4.69, 9.17) is 4.74 Å². The highest BCUT2D eigenvalue weighted by Crippen LogP contribution is 2.20. The predicted octanol–water partition coefficient (Wildman–Crippen LogP) is 2.08. The highest BCUT2D eigenvalue weighted by atomic mass is 16.5. The van der Waals surface area contributed by atoms with E-state index in [1.165, 1.54) is 32.1 Å². The van der Waals surface area contributed by atoms with E-state index in [1.807, 2.05) is 11.0 Å². The summed E-state index contributed by atoms with van der Waals surface area (Å²) in [5.41, 5.74) is 0. The molecule has 1 aliphatic carbocycles. The Balaban J connectivity index is 1.57. The molecule has 2 aliphatic rings. The highest BCUT2D eigenvalue weighted by molar-refractivity contribution is 4.94. The number of ether oxygens (including phenoxy) is 1. The molecule has 1 aromatic heterocycles. The minimum atomic E-state index is 0.158. The molecule has 0 amide bonds. The molecule has 1 aliphatic heterocycles. The van der Waals surface area contributed by atoms with E-state index in [9.17, 15) is 0 Å². The zero-order valence-corrected chi connectivity index (χ0v) is 12.0. The fourth-order valence-corrected chi connectivity index (χ4v) is 2.97. The zero-order valence-electron chi connectivity index (χ0n) is 12.0. The van der Waals surface area contributed by atoms with Crippen LogP contribution in [0.4, 0.5) is 0 Å². The molecule has 0 aromatic carbocycles. The van der Waals surface area contributed by atoms with Crippen LogP contribution in [0.25, 0.3) is 0 Å². The van der Waals surface area contributed by atoms with E-state index < -0.39 is 0 Å². The number of nitrogens with one attached hydrogen (secondary N) is 1. The third-order valence-electron chi connectivity index (χ3n) is 4.12. The summed E-state index contributed by atoms with van der Waals surface area (Å²) in [5.74, 6) is 1.60. The maximum absolute atomic E-state index is 5.47. The van der Waals surface area contributed by atoms with E-state index in [1.54, 1.807) is 0 Å². The minimum absolute atomic E-state index is 0.158. The van der Waals surface area contributed by atoms with Crippen molar-refractivity contribution in [1.29, 1.82) is 0 Å². The molecule has 0 radical (unpaired) electrons. The summed E-state index contributed by atoms with van der Waals surface area (Å²) in [6, 6.07) is 0.158. The van der Waals surface area contributed by atoms with Gasteiger partial charge in [-0.1, -0.05) is 12.2 Å². The van der Waals surface area contributed by atoms with Crippen LogP contribution in [0.1, 0.15) is 44.0 Å². The molecule has 20 heavy (non-hydrogen) atoms. The molecule has 5 heteroatoms. The molecule has 1 saturated heterocycles. The molecule has 0 bridgehead atoms. The third kappa shape index (κ3) is 3.67. The number of hydrogen-bond donors (Lipinski definition) is 1. The van der Waals surface area contributed by atoms with Crippen molar-refractivity contribution in [3.63, 3.8) is 0 Å². The first kappa shape index (κ1) is 13.8. The van der Waals surface area contributed by atoms with Crippen molar-refractivity contribution in [3.05, 3.63) is 24.3 Å². The second-order valence-electron chi connectivity index (χ2n) is 5.75. The van der Waals surface area contributed by atoms with E-state index in [0.29, 0.717) is 6.61 Å². The summed E-state index contributed by atoms with van der Waals surface area (Å²) in [4.78, 5) is 4.44. The normalized spacial score (nSPS) is 29.6. The fourth-order valence-electron chi connectivity index (χ4n) is 2.97. The standard InChI is InChI=1S/C15H24N4O/c1-2-4-6-13(7-5-3-1)10-19-12-17-15(18-19)14-11-20-9-8-16-14/h1-2,12-14,16H,3-11H2/b2-1-. The van der Waals surface area contributed by atoms with Gasteiger partial charge in [0.15, 0.2) is 5.82 Å². The Morgan fingerprint density at radius 2 is 2.25 bits per heavy atom. The van der Waals surface area contributed by atoms with Crippen LogP contribution >= 0.6 is 0 Å². The van der Waals surface area contributed by atoms with Gasteiger partial charge >= 0.3 is 0 Å². The average Bonchev–Trinajstić information content (AvgIpc) is 2.91. The summed E-state index contributed by atoms with van der Waals surface area (Å²) in [6.45, 7) is 3.34. The van der Waals surface area contributed by atoms with Gasteiger partial charge in [0.05, 0.1) is 19.3 Å². The first-order valence-electron chi connectivity index (χ1n) is 7.77. The van der Waals surface area contributed by atoms with E-state index in [-0.39, 0.29) is 6.04 Å². The second kappa shape index (κ2) is 6.99. The molecule has 2 unspecified atom stereocenters. The average molecular weight is 276 g/mol. The SMILES string of the molecule is C1=C\CCC(Cn2cnc(C3COCCN3)n2)CCC/1. The quantitative estimate of drug-likeness (QED) is 0.859. The van der Waals surface area contributed by atoms with Crippen LogP contribution in [-0.2, 0) is 11.3 Å². The van der Waals surface area contributed by atoms with Crippen LogP contribution in [0.5, 0.6) is 0 Å². The van der Waals surface area contributed by atoms with Gasteiger partial charge in [0.25, 0.3) is 0 Å². The number of hydrogen-bond acceptors (Lipinski definition) is 4. The Hall–Kier alpha value is -1.20. The van der Waals surface area contributed by atoms with Gasteiger partial charge < -0.3 is 10.1 Å². The van der Waals surface area contributed by atoms with Crippen LogP contribution < -0.4 is 5.32 Å². The lowest BCUT2D eigenvalue weighted by Crippen LogP contribution is -2.35. The van der Waals surface area contributed by atoms with Crippen molar-refractivity contribution >= 4 is 0 Å². The largest absolute Gasteiger partial charge is 0.378 e. The minimum Gasteiger partial charge on any atom is -0.378 e. The number of morpholine rings is 1. The fraction of sp³-hybridized carbons (Fsp3) is 0.733. The molecule has 1 N–H and O–H groups in total. The predicted molar refractivity (Wildman–Crippen MR) is 77.3 cm³/mol. The van der Waals surface area contributed by atoms with Gasteiger partial charge in [-0.05, 0) is 38.0 Å². The Morgan fingerprint density at radius 1 is 1.30 bits per heavy atom. The van der Waals surface area contributed by atoms with Crippen LogP contribution in [0.2, 0.25) is 0 Å². The van der Waals surface area contributed by atoms with Crippen LogP contribution in [-0.4, -0.2) is 34.5 Å². The Labute approximate surface area is 120 Å². The van der Waals surface area contributed by atoms with Crippen molar-refractivity contribution in [1.82, 2.24) is 20.1 Å². The Kier molecular flexibility index (Phi) is 4.82. The third-order valence-corrected chi connectivity index (χ3v) is 4.12. The topological polar surface area (TPSA) is 52.0 Å². The monoisotopic (exact) mass is 276 g/mol. The molecule has 1 fully saturated rings. The van der Waals surface area contributed by atoms with Crippen LogP contribution in [0, 0.1) is 5.92 Å². The zero-order chi connectivity index (χ0) is 13.6. The van der Waals surface area contributed by atoms with Gasteiger partial charge in [0.1, 0.15) is 6.33 Å². The molecule has 2 heterocycles. The molecule has 0 spiro atoms. The first-order chi connectivity index (χ1) is 9.92. The van der Waals surface area contributed by atoms with Crippen molar-refractivity contribution in [2.24, 2.45) is 5.92 Å². The number of rotatable bonds is 3. The van der Waals surface area contributed by atoms with Crippen LogP contribution in [0.3, 0.4) is 0 Å². The lowest BCUT2D eigenvalue weighted by atomic mass is 9.94. The molecule has 3 rings (SSSR count). The maximum Gasteiger partial charge on any atom is 0.169 e. The Morgan fingerprint density at radius 3 is 3.15 bits per heavy atom. The summed E-state index contributed by atoms with van der Waals surface area (Å²) in [5, 5.41) is 8.03. The molecule has 5 nitrogen and oxygen atoms in total. The van der Waals surface area contributed by atoms with Gasteiger partial charge in [-0.2, -0.15) is 5.10 Å². The second-order valence-corrected chi connectivity index (χ2v) is 5.75. The van der Waals surface area contributed by atoms with Gasteiger partial charge in [-0.15, -0.1) is 0 Å². The van der Waals surface area contributed by atoms with Gasteiger partial charge in [0, 0.05) is 13.1 Å². The summed E-state index contributed by atoms with van der Waals surface area (Å²) < 4.78 is 7.48. The van der Waals surface area contributed by atoms with Crippen molar-refractivity contribution in [2.75, 3.05) is 19.8 Å². The van der Waals surface area contributed by atoms with Crippen LogP contribution in [0.15, 0.2) is 18.5 Å². The Bertz CT molecular complexity index is 437. The molecular weight excluding hydrogens is 252 g/mol. The maximum atomic E-state index is 5.47. The lowest BCUT2D eigenvalue weighted by molar-refractivity contribution is 0.0741. The lowest BCUT2D eigenvalue weighted by Gasteiger charge is -2.21. The summed E-state index contributed by atoms with van der Waals surface area (Å²) in [7, 11) is 0. The number of aromatic nitrogens is 3. The molecule has 1 aromatic rings. The molecule has 0 saturated carbocycles. The highest BCUT2D eigenvalue weighted by Gasteiger charge is 2.20. The molecule has 110 valence electrons.